The summed E-state index contributed by atoms with van der Waals surface area (Å²) < 4.78 is 13.3. The van der Waals surface area contributed by atoms with Crippen molar-refractivity contribution in [3.05, 3.63) is 59.2 Å². The van der Waals surface area contributed by atoms with E-state index in [1.165, 1.54) is 16.9 Å². The molecular weight excluding hydrogens is 427 g/mol. The van der Waals surface area contributed by atoms with Crippen molar-refractivity contribution in [2.75, 3.05) is 0 Å². The lowest BCUT2D eigenvalue weighted by molar-refractivity contribution is -0.143. The van der Waals surface area contributed by atoms with Gasteiger partial charge in [0.25, 0.3) is 5.91 Å². The fourth-order valence-electron chi connectivity index (χ4n) is 4.09. The highest BCUT2D eigenvalue weighted by molar-refractivity contribution is 5.93. The maximum atomic E-state index is 13.3. The highest BCUT2D eigenvalue weighted by Crippen LogP contribution is 2.29. The Morgan fingerprint density at radius 2 is 1.97 bits per heavy atom. The number of tetrazole rings is 1. The van der Waals surface area contributed by atoms with Crippen LogP contribution < -0.4 is 5.32 Å². The fraction of sp³-hybridized carbons (Fsp3) is 0.391. The molecule has 9 nitrogen and oxygen atoms in total. The number of aromatic nitrogens is 5. The number of aryl methyl sites for hydroxylation is 1. The van der Waals surface area contributed by atoms with Gasteiger partial charge in [0.1, 0.15) is 11.5 Å². The van der Waals surface area contributed by atoms with E-state index < -0.39 is 5.97 Å². The minimum absolute atomic E-state index is 0.181. The van der Waals surface area contributed by atoms with Crippen molar-refractivity contribution >= 4 is 11.9 Å². The van der Waals surface area contributed by atoms with Crippen molar-refractivity contribution in [1.82, 2.24) is 30.5 Å². The van der Waals surface area contributed by atoms with E-state index in [1.807, 2.05) is 0 Å². The van der Waals surface area contributed by atoms with E-state index in [1.54, 1.807) is 31.2 Å². The number of hydrogen-bond acceptors (Lipinski definition) is 6. The van der Waals surface area contributed by atoms with Crippen molar-refractivity contribution in [3.8, 4) is 11.4 Å². The Kier molecular flexibility index (Phi) is 6.71. The number of hydrogen-bond donors (Lipinski definition) is 2. The molecule has 0 aliphatic heterocycles. The highest BCUT2D eigenvalue weighted by atomic mass is 19.1. The molecule has 0 unspecified atom stereocenters. The molecule has 1 amide bonds. The van der Waals surface area contributed by atoms with Gasteiger partial charge in [0.2, 0.25) is 5.82 Å². The standard InChI is InChI=1S/C23H25FN6O3/c1-14-9-18(11-20(26-14)22(31)25-12-16-3-2-4-19(24)10-16)21-27-29-30(28-21)13-15-5-7-17(8-6-15)23(32)33/h2-4,9-11,15,17H,5-8,12-13H2,1H3,(H,25,31)(H,32,33). The molecule has 2 aromatic heterocycles. The average molecular weight is 452 g/mol. The second-order valence-electron chi connectivity index (χ2n) is 8.42. The lowest BCUT2D eigenvalue weighted by Crippen LogP contribution is -2.24. The number of carbonyl (C=O) groups excluding carboxylic acids is 1. The number of carboxylic acid groups (broad SMARTS) is 1. The molecule has 3 aromatic rings. The highest BCUT2D eigenvalue weighted by Gasteiger charge is 2.26. The van der Waals surface area contributed by atoms with Gasteiger partial charge < -0.3 is 10.4 Å². The molecule has 172 valence electrons. The van der Waals surface area contributed by atoms with Gasteiger partial charge in [0, 0.05) is 17.8 Å². The van der Waals surface area contributed by atoms with Gasteiger partial charge in [-0.15, -0.1) is 10.2 Å². The Bertz CT molecular complexity index is 1160. The third-order valence-corrected chi connectivity index (χ3v) is 5.86. The molecule has 0 atom stereocenters. The molecule has 10 heteroatoms. The van der Waals surface area contributed by atoms with Crippen LogP contribution in [0.1, 0.15) is 47.4 Å². The maximum absolute atomic E-state index is 13.3. The van der Waals surface area contributed by atoms with E-state index in [0.717, 1.165) is 12.8 Å². The third-order valence-electron chi connectivity index (χ3n) is 5.86. The molecule has 0 bridgehead atoms. The van der Waals surface area contributed by atoms with Gasteiger partial charge >= 0.3 is 5.97 Å². The summed E-state index contributed by atoms with van der Waals surface area (Å²) in [4.78, 5) is 29.6. The number of halogens is 1. The van der Waals surface area contributed by atoms with Crippen LogP contribution in [0.2, 0.25) is 0 Å². The van der Waals surface area contributed by atoms with Crippen LogP contribution in [0.5, 0.6) is 0 Å². The summed E-state index contributed by atoms with van der Waals surface area (Å²) >= 11 is 0. The number of benzene rings is 1. The van der Waals surface area contributed by atoms with E-state index in [4.69, 9.17) is 5.11 Å². The fourth-order valence-corrected chi connectivity index (χ4v) is 4.09. The molecule has 2 heterocycles. The van der Waals surface area contributed by atoms with Crippen LogP contribution in [0.15, 0.2) is 36.4 Å². The lowest BCUT2D eigenvalue weighted by Gasteiger charge is -2.25. The Hall–Kier alpha value is -3.69. The number of amides is 1. The minimum Gasteiger partial charge on any atom is -0.481 e. The van der Waals surface area contributed by atoms with Gasteiger partial charge in [-0.3, -0.25) is 9.59 Å². The average Bonchev–Trinajstić information content (AvgIpc) is 3.26. The molecule has 0 radical (unpaired) electrons. The summed E-state index contributed by atoms with van der Waals surface area (Å²) in [7, 11) is 0. The first kappa shape index (κ1) is 22.5. The number of rotatable bonds is 7. The first-order valence-corrected chi connectivity index (χ1v) is 10.9. The monoisotopic (exact) mass is 452 g/mol. The molecular formula is C23H25FN6O3. The van der Waals surface area contributed by atoms with E-state index in [2.05, 4.69) is 25.7 Å². The normalized spacial score (nSPS) is 18.1. The van der Waals surface area contributed by atoms with E-state index in [0.29, 0.717) is 47.9 Å². The first-order valence-electron chi connectivity index (χ1n) is 10.9. The van der Waals surface area contributed by atoms with Crippen LogP contribution in [0.25, 0.3) is 11.4 Å². The summed E-state index contributed by atoms with van der Waals surface area (Å²) in [5.74, 6) is -1.03. The second-order valence-corrected chi connectivity index (χ2v) is 8.42. The zero-order chi connectivity index (χ0) is 23.4. The van der Waals surface area contributed by atoms with Crippen molar-refractivity contribution in [3.63, 3.8) is 0 Å². The molecule has 1 aliphatic carbocycles. The molecule has 1 aliphatic rings. The minimum atomic E-state index is -0.724. The first-order chi connectivity index (χ1) is 15.9. The number of carboxylic acids is 1. The van der Waals surface area contributed by atoms with Gasteiger partial charge in [-0.2, -0.15) is 4.80 Å². The van der Waals surface area contributed by atoms with Crippen LogP contribution in [-0.4, -0.2) is 42.2 Å². The Labute approximate surface area is 190 Å². The second kappa shape index (κ2) is 9.85. The summed E-state index contributed by atoms with van der Waals surface area (Å²) in [5, 5.41) is 24.6. The zero-order valence-corrected chi connectivity index (χ0v) is 18.2. The van der Waals surface area contributed by atoms with Gasteiger partial charge in [-0.05, 0) is 73.6 Å². The van der Waals surface area contributed by atoms with Crippen LogP contribution in [0.3, 0.4) is 0 Å². The quantitative estimate of drug-likeness (QED) is 0.565. The smallest absolute Gasteiger partial charge is 0.306 e. The number of nitrogens with one attached hydrogen (secondary N) is 1. The van der Waals surface area contributed by atoms with Crippen LogP contribution in [-0.2, 0) is 17.9 Å². The van der Waals surface area contributed by atoms with Crippen molar-refractivity contribution in [1.29, 1.82) is 0 Å². The predicted molar refractivity (Wildman–Crippen MR) is 116 cm³/mol. The van der Waals surface area contributed by atoms with Crippen LogP contribution >= 0.6 is 0 Å². The molecule has 33 heavy (non-hydrogen) atoms. The largest absolute Gasteiger partial charge is 0.481 e. The molecule has 2 N–H and O–H groups in total. The molecule has 1 saturated carbocycles. The molecule has 4 rings (SSSR count). The summed E-state index contributed by atoms with van der Waals surface area (Å²) in [5.41, 5.74) is 2.12. The number of carbonyl (C=O) groups is 2. The molecule has 1 fully saturated rings. The number of nitrogens with zero attached hydrogens (tertiary/aromatic N) is 5. The van der Waals surface area contributed by atoms with Gasteiger partial charge in [0.15, 0.2) is 0 Å². The Morgan fingerprint density at radius 3 is 2.70 bits per heavy atom. The van der Waals surface area contributed by atoms with Crippen molar-refractivity contribution in [2.24, 2.45) is 11.8 Å². The van der Waals surface area contributed by atoms with Crippen molar-refractivity contribution < 1.29 is 19.1 Å². The van der Waals surface area contributed by atoms with Crippen LogP contribution in [0, 0.1) is 24.6 Å². The number of aliphatic carboxylic acids is 1. The SMILES string of the molecule is Cc1cc(-c2nnn(CC3CCC(C(=O)O)CC3)n2)cc(C(=O)NCc2cccc(F)c2)n1. The molecule has 0 saturated heterocycles. The predicted octanol–water partition coefficient (Wildman–Crippen LogP) is 3.00. The van der Waals surface area contributed by atoms with Crippen LogP contribution in [0.4, 0.5) is 4.39 Å². The van der Waals surface area contributed by atoms with Crippen molar-refractivity contribution in [2.45, 2.75) is 45.7 Å². The summed E-state index contributed by atoms with van der Waals surface area (Å²) in [6, 6.07) is 9.42. The topological polar surface area (TPSA) is 123 Å². The van der Waals surface area contributed by atoms with E-state index in [-0.39, 0.29) is 29.9 Å². The Balaban J connectivity index is 1.41. The molecule has 0 spiro atoms. The summed E-state index contributed by atoms with van der Waals surface area (Å²) in [6.07, 6.45) is 2.97. The van der Waals surface area contributed by atoms with Gasteiger partial charge in [0.05, 0.1) is 12.5 Å². The van der Waals surface area contributed by atoms with Gasteiger partial charge in [-0.1, -0.05) is 12.1 Å². The molecule has 1 aromatic carbocycles. The van der Waals surface area contributed by atoms with Gasteiger partial charge in [-0.25, -0.2) is 9.37 Å². The van der Waals surface area contributed by atoms with E-state index >= 15 is 0 Å². The number of pyridine rings is 1. The summed E-state index contributed by atoms with van der Waals surface area (Å²) in [6.45, 7) is 2.53. The maximum Gasteiger partial charge on any atom is 0.306 e. The zero-order valence-electron chi connectivity index (χ0n) is 18.2. The third kappa shape index (κ3) is 5.76. The van der Waals surface area contributed by atoms with E-state index in [9.17, 15) is 14.0 Å². The Morgan fingerprint density at radius 1 is 1.18 bits per heavy atom. The lowest BCUT2D eigenvalue weighted by atomic mass is 9.82.